The first-order valence-electron chi connectivity index (χ1n) is 7.25. The molecule has 1 aromatic rings. The molecule has 0 unspecified atom stereocenters. The molecule has 5 heteroatoms. The van der Waals surface area contributed by atoms with Crippen LogP contribution in [0.5, 0.6) is 11.5 Å². The van der Waals surface area contributed by atoms with Gasteiger partial charge in [0.1, 0.15) is 0 Å². The van der Waals surface area contributed by atoms with Crippen LogP contribution in [-0.2, 0) is 11.3 Å². The summed E-state index contributed by atoms with van der Waals surface area (Å²) in [7, 11) is 1.62. The molecule has 0 radical (unpaired) electrons. The fraction of sp³-hybridized carbons (Fsp3) is 0.562. The summed E-state index contributed by atoms with van der Waals surface area (Å²) in [6.45, 7) is 6.03. The van der Waals surface area contributed by atoms with E-state index in [0.29, 0.717) is 31.4 Å². The molecule has 0 bridgehead atoms. The highest BCUT2D eigenvalue weighted by Crippen LogP contribution is 2.28. The number of hydrogen-bond donors (Lipinski definition) is 2. The van der Waals surface area contributed by atoms with Gasteiger partial charge in [-0.3, -0.25) is 4.79 Å². The predicted molar refractivity (Wildman–Crippen MR) is 81.9 cm³/mol. The summed E-state index contributed by atoms with van der Waals surface area (Å²) in [6.07, 6.45) is 1.11. The number of methoxy groups -OCH3 is 1. The van der Waals surface area contributed by atoms with E-state index in [4.69, 9.17) is 14.6 Å². The Morgan fingerprint density at radius 3 is 2.71 bits per heavy atom. The van der Waals surface area contributed by atoms with E-state index in [2.05, 4.69) is 19.2 Å². The molecular formula is C16H25NO4. The third kappa shape index (κ3) is 6.99. The predicted octanol–water partition coefficient (Wildman–Crippen LogP) is 2.68. The van der Waals surface area contributed by atoms with E-state index in [9.17, 15) is 4.79 Å². The minimum Gasteiger partial charge on any atom is -0.493 e. The average molecular weight is 295 g/mol. The Bertz CT molecular complexity index is 446. The Balaban J connectivity index is 2.55. The van der Waals surface area contributed by atoms with Crippen LogP contribution in [0.4, 0.5) is 0 Å². The van der Waals surface area contributed by atoms with Crippen LogP contribution in [0, 0.1) is 5.92 Å². The van der Waals surface area contributed by atoms with Gasteiger partial charge in [0.25, 0.3) is 0 Å². The molecule has 0 aliphatic rings. The first kappa shape index (κ1) is 17.3. The third-order valence-corrected chi connectivity index (χ3v) is 3.03. The van der Waals surface area contributed by atoms with Gasteiger partial charge in [0.05, 0.1) is 20.1 Å². The van der Waals surface area contributed by atoms with Gasteiger partial charge >= 0.3 is 5.97 Å². The van der Waals surface area contributed by atoms with Crippen LogP contribution in [0.25, 0.3) is 0 Å². The smallest absolute Gasteiger partial charge is 0.304 e. The summed E-state index contributed by atoms with van der Waals surface area (Å²) in [5.41, 5.74) is 1.04. The number of nitrogens with one attached hydrogen (secondary N) is 1. The molecule has 0 spiro atoms. The quantitative estimate of drug-likeness (QED) is 0.650. The highest BCUT2D eigenvalue weighted by atomic mass is 16.5. The summed E-state index contributed by atoms with van der Waals surface area (Å²) in [5.74, 6) is 1.25. The molecule has 2 N–H and O–H groups in total. The molecule has 5 nitrogen and oxygen atoms in total. The molecule has 118 valence electrons. The van der Waals surface area contributed by atoms with Crippen molar-refractivity contribution in [3.63, 3.8) is 0 Å². The Labute approximate surface area is 126 Å². The molecule has 0 fully saturated rings. The molecular weight excluding hydrogens is 270 g/mol. The first-order valence-corrected chi connectivity index (χ1v) is 7.25. The number of hydrogen-bond acceptors (Lipinski definition) is 4. The van der Waals surface area contributed by atoms with E-state index < -0.39 is 5.97 Å². The molecule has 0 aliphatic heterocycles. The largest absolute Gasteiger partial charge is 0.493 e. The molecule has 0 amide bonds. The number of carbonyl (C=O) groups is 1. The highest BCUT2D eigenvalue weighted by Gasteiger charge is 2.06. The number of aliphatic carboxylic acids is 1. The Morgan fingerprint density at radius 1 is 1.33 bits per heavy atom. The number of ether oxygens (including phenoxy) is 2. The first-order chi connectivity index (χ1) is 10.0. The molecule has 0 heterocycles. The highest BCUT2D eigenvalue weighted by molar-refractivity contribution is 5.66. The van der Waals surface area contributed by atoms with E-state index in [-0.39, 0.29) is 6.42 Å². The van der Waals surface area contributed by atoms with Gasteiger partial charge in [-0.05, 0) is 30.0 Å². The number of carboxylic acid groups (broad SMARTS) is 1. The molecule has 0 saturated carbocycles. The zero-order valence-corrected chi connectivity index (χ0v) is 13.0. The van der Waals surface area contributed by atoms with Gasteiger partial charge in [-0.2, -0.15) is 0 Å². The second kappa shape index (κ2) is 9.23. The second-order valence-corrected chi connectivity index (χ2v) is 5.34. The summed E-state index contributed by atoms with van der Waals surface area (Å²) in [5, 5.41) is 11.7. The van der Waals surface area contributed by atoms with Crippen LogP contribution in [0.15, 0.2) is 18.2 Å². The van der Waals surface area contributed by atoms with E-state index in [1.165, 1.54) is 0 Å². The van der Waals surface area contributed by atoms with Crippen LogP contribution in [0.1, 0.15) is 32.3 Å². The molecule has 1 aromatic carbocycles. The van der Waals surface area contributed by atoms with Crippen molar-refractivity contribution in [3.8, 4) is 11.5 Å². The maximum absolute atomic E-state index is 10.4. The molecule has 0 aliphatic carbocycles. The maximum atomic E-state index is 10.4. The number of rotatable bonds is 10. The number of carboxylic acids is 1. The topological polar surface area (TPSA) is 67.8 Å². The van der Waals surface area contributed by atoms with Gasteiger partial charge in [0.2, 0.25) is 0 Å². The van der Waals surface area contributed by atoms with Gasteiger partial charge in [-0.15, -0.1) is 0 Å². The molecule has 1 rings (SSSR count). The van der Waals surface area contributed by atoms with E-state index in [1.54, 1.807) is 7.11 Å². The monoisotopic (exact) mass is 295 g/mol. The molecule has 21 heavy (non-hydrogen) atoms. The van der Waals surface area contributed by atoms with E-state index in [0.717, 1.165) is 17.7 Å². The second-order valence-electron chi connectivity index (χ2n) is 5.34. The van der Waals surface area contributed by atoms with Crippen molar-refractivity contribution in [3.05, 3.63) is 23.8 Å². The van der Waals surface area contributed by atoms with Crippen molar-refractivity contribution in [2.45, 2.75) is 33.2 Å². The Hall–Kier alpha value is -1.75. The maximum Gasteiger partial charge on any atom is 0.304 e. The van der Waals surface area contributed by atoms with Crippen LogP contribution >= 0.6 is 0 Å². The van der Waals surface area contributed by atoms with Crippen LogP contribution in [0.2, 0.25) is 0 Å². The lowest BCUT2D eigenvalue weighted by Gasteiger charge is -2.13. The zero-order valence-electron chi connectivity index (χ0n) is 13.0. The summed E-state index contributed by atoms with van der Waals surface area (Å²) < 4.78 is 11.1. The van der Waals surface area contributed by atoms with Crippen LogP contribution in [-0.4, -0.2) is 31.3 Å². The Morgan fingerprint density at radius 2 is 2.10 bits per heavy atom. The van der Waals surface area contributed by atoms with Crippen molar-refractivity contribution >= 4 is 5.97 Å². The van der Waals surface area contributed by atoms with Crippen molar-refractivity contribution in [1.29, 1.82) is 0 Å². The van der Waals surface area contributed by atoms with Crippen molar-refractivity contribution in [2.24, 2.45) is 5.92 Å². The van der Waals surface area contributed by atoms with Gasteiger partial charge in [0, 0.05) is 13.1 Å². The van der Waals surface area contributed by atoms with Crippen molar-refractivity contribution in [1.82, 2.24) is 5.32 Å². The Kier molecular flexibility index (Phi) is 7.61. The van der Waals surface area contributed by atoms with Crippen LogP contribution in [0.3, 0.4) is 0 Å². The minimum absolute atomic E-state index is 0.119. The normalized spacial score (nSPS) is 10.7. The SMILES string of the molecule is COc1ccc(CNCCC(=O)O)cc1OCCC(C)C. The number of benzene rings is 1. The summed E-state index contributed by atoms with van der Waals surface area (Å²) in [4.78, 5) is 10.4. The van der Waals surface area contributed by atoms with Gasteiger partial charge in [0.15, 0.2) is 11.5 Å². The summed E-state index contributed by atoms with van der Waals surface area (Å²) >= 11 is 0. The third-order valence-electron chi connectivity index (χ3n) is 3.03. The van der Waals surface area contributed by atoms with E-state index >= 15 is 0 Å². The van der Waals surface area contributed by atoms with Crippen molar-refractivity contribution in [2.75, 3.05) is 20.3 Å². The fourth-order valence-electron chi connectivity index (χ4n) is 1.78. The lowest BCUT2D eigenvalue weighted by Crippen LogP contribution is -2.17. The van der Waals surface area contributed by atoms with Gasteiger partial charge < -0.3 is 19.9 Å². The van der Waals surface area contributed by atoms with Crippen molar-refractivity contribution < 1.29 is 19.4 Å². The van der Waals surface area contributed by atoms with Gasteiger partial charge in [-0.25, -0.2) is 0 Å². The molecule has 0 aromatic heterocycles. The zero-order chi connectivity index (χ0) is 15.7. The molecule has 0 atom stereocenters. The minimum atomic E-state index is -0.796. The van der Waals surface area contributed by atoms with E-state index in [1.807, 2.05) is 18.2 Å². The lowest BCUT2D eigenvalue weighted by atomic mass is 10.1. The fourth-order valence-corrected chi connectivity index (χ4v) is 1.78. The average Bonchev–Trinajstić information content (AvgIpc) is 2.43. The standard InChI is InChI=1S/C16H25NO4/c1-12(2)7-9-21-15-10-13(4-5-14(15)20-3)11-17-8-6-16(18)19/h4-5,10,12,17H,6-9,11H2,1-3H3,(H,18,19). The lowest BCUT2D eigenvalue weighted by molar-refractivity contribution is -0.136. The van der Waals surface area contributed by atoms with Crippen LogP contribution < -0.4 is 14.8 Å². The van der Waals surface area contributed by atoms with Gasteiger partial charge in [-0.1, -0.05) is 19.9 Å². The molecule has 0 saturated heterocycles. The summed E-state index contributed by atoms with van der Waals surface area (Å²) in [6, 6.07) is 5.76.